The summed E-state index contributed by atoms with van der Waals surface area (Å²) in [4.78, 5) is 35.9. The van der Waals surface area contributed by atoms with E-state index >= 15 is 0 Å². The first-order valence-corrected chi connectivity index (χ1v) is 8.89. The summed E-state index contributed by atoms with van der Waals surface area (Å²) >= 11 is 17.5. The van der Waals surface area contributed by atoms with Gasteiger partial charge in [-0.3, -0.25) is 14.4 Å². The average molecular weight is 430 g/mol. The van der Waals surface area contributed by atoms with Crippen molar-refractivity contribution in [1.29, 1.82) is 0 Å². The molecular weight excluding hydrogens is 415 g/mol. The predicted molar refractivity (Wildman–Crippen MR) is 104 cm³/mol. The minimum atomic E-state index is -1.06. The fraction of sp³-hybridized carbons (Fsp3) is 0.167. The van der Waals surface area contributed by atoms with Crippen LogP contribution in [0.25, 0.3) is 0 Å². The van der Waals surface area contributed by atoms with Crippen LogP contribution in [0.1, 0.15) is 17.3 Å². The lowest BCUT2D eigenvalue weighted by Gasteiger charge is -2.14. The smallest absolute Gasteiger partial charge is 0.326 e. The van der Waals surface area contributed by atoms with E-state index in [4.69, 9.17) is 39.5 Å². The van der Waals surface area contributed by atoms with Crippen molar-refractivity contribution in [2.45, 2.75) is 13.0 Å². The number of benzene rings is 2. The van der Waals surface area contributed by atoms with Gasteiger partial charge in [-0.05, 0) is 43.3 Å². The Morgan fingerprint density at radius 3 is 2.44 bits per heavy atom. The van der Waals surface area contributed by atoms with Crippen LogP contribution in [0.2, 0.25) is 15.1 Å². The first-order valence-electron chi connectivity index (χ1n) is 7.75. The molecule has 0 saturated carbocycles. The Bertz CT molecular complexity index is 873. The van der Waals surface area contributed by atoms with Gasteiger partial charge in [0.1, 0.15) is 6.54 Å². The van der Waals surface area contributed by atoms with E-state index in [0.717, 1.165) is 0 Å². The van der Waals surface area contributed by atoms with Crippen LogP contribution in [0.15, 0.2) is 42.5 Å². The lowest BCUT2D eigenvalue weighted by molar-refractivity contribution is -0.152. The Kier molecular flexibility index (Phi) is 7.47. The standard InChI is InChI=1S/C18H15Cl3N2O4/c1-10(17(25)23-13-4-2-3-12(19)8-13)27-16(24)9-22-18(26)11-5-6-14(20)15(21)7-11/h2-8,10H,9H2,1H3,(H,22,26)(H,23,25). The largest absolute Gasteiger partial charge is 0.451 e. The molecule has 2 aromatic carbocycles. The number of hydrogen-bond donors (Lipinski definition) is 2. The zero-order valence-corrected chi connectivity index (χ0v) is 16.4. The zero-order chi connectivity index (χ0) is 20.0. The first-order chi connectivity index (χ1) is 12.8. The van der Waals surface area contributed by atoms with Gasteiger partial charge in [0.05, 0.1) is 10.0 Å². The van der Waals surface area contributed by atoms with Gasteiger partial charge < -0.3 is 15.4 Å². The van der Waals surface area contributed by atoms with Crippen molar-refractivity contribution in [3.8, 4) is 0 Å². The Morgan fingerprint density at radius 2 is 1.78 bits per heavy atom. The molecule has 0 aliphatic heterocycles. The highest BCUT2D eigenvalue weighted by Gasteiger charge is 2.19. The van der Waals surface area contributed by atoms with Crippen molar-refractivity contribution < 1.29 is 19.1 Å². The second-order valence-corrected chi connectivity index (χ2v) is 6.69. The third-order valence-corrected chi connectivity index (χ3v) is 4.32. The van der Waals surface area contributed by atoms with Crippen LogP contribution in [-0.4, -0.2) is 30.4 Å². The van der Waals surface area contributed by atoms with Crippen LogP contribution in [0.5, 0.6) is 0 Å². The molecule has 0 aliphatic rings. The molecule has 9 heteroatoms. The molecule has 27 heavy (non-hydrogen) atoms. The lowest BCUT2D eigenvalue weighted by Crippen LogP contribution is -2.35. The Balaban J connectivity index is 1.82. The van der Waals surface area contributed by atoms with Crippen molar-refractivity contribution >= 4 is 58.3 Å². The summed E-state index contributed by atoms with van der Waals surface area (Å²) in [6.45, 7) is 1.01. The number of anilines is 1. The van der Waals surface area contributed by atoms with E-state index in [1.165, 1.54) is 25.1 Å². The predicted octanol–water partition coefficient (Wildman–Crippen LogP) is 3.95. The van der Waals surface area contributed by atoms with Gasteiger partial charge in [0.15, 0.2) is 6.10 Å². The molecule has 0 aliphatic carbocycles. The molecular formula is C18H15Cl3N2O4. The molecule has 142 valence electrons. The Hall–Kier alpha value is -2.28. The summed E-state index contributed by atoms with van der Waals surface area (Å²) in [5.74, 6) is -1.82. The van der Waals surface area contributed by atoms with Crippen LogP contribution < -0.4 is 10.6 Å². The van der Waals surface area contributed by atoms with Crippen LogP contribution in [0, 0.1) is 0 Å². The van der Waals surface area contributed by atoms with Crippen LogP contribution in [0.3, 0.4) is 0 Å². The van der Waals surface area contributed by atoms with Crippen molar-refractivity contribution in [1.82, 2.24) is 5.32 Å². The number of esters is 1. The highest BCUT2D eigenvalue weighted by molar-refractivity contribution is 6.42. The number of carbonyl (C=O) groups excluding carboxylic acids is 3. The van der Waals surface area contributed by atoms with Crippen molar-refractivity contribution in [2.24, 2.45) is 0 Å². The SMILES string of the molecule is CC(OC(=O)CNC(=O)c1ccc(Cl)c(Cl)c1)C(=O)Nc1cccc(Cl)c1. The van der Waals surface area contributed by atoms with Crippen molar-refractivity contribution in [3.63, 3.8) is 0 Å². The molecule has 6 nitrogen and oxygen atoms in total. The van der Waals surface area contributed by atoms with E-state index in [1.807, 2.05) is 0 Å². The zero-order valence-electron chi connectivity index (χ0n) is 14.1. The summed E-state index contributed by atoms with van der Waals surface area (Å²) in [6, 6.07) is 10.9. The maximum Gasteiger partial charge on any atom is 0.326 e. The van der Waals surface area contributed by atoms with Gasteiger partial charge in [0.25, 0.3) is 11.8 Å². The summed E-state index contributed by atoms with van der Waals surface area (Å²) in [7, 11) is 0. The van der Waals surface area contributed by atoms with E-state index in [0.29, 0.717) is 15.7 Å². The minimum absolute atomic E-state index is 0.221. The number of halogens is 3. The van der Waals surface area contributed by atoms with Crippen LogP contribution >= 0.6 is 34.8 Å². The topological polar surface area (TPSA) is 84.5 Å². The fourth-order valence-corrected chi connectivity index (χ4v) is 2.48. The Labute approximate surface area is 170 Å². The third-order valence-electron chi connectivity index (χ3n) is 3.34. The summed E-state index contributed by atoms with van der Waals surface area (Å²) in [6.07, 6.45) is -1.06. The maximum atomic E-state index is 12.0. The number of ether oxygens (including phenoxy) is 1. The van der Waals surface area contributed by atoms with Gasteiger partial charge >= 0.3 is 5.97 Å². The molecule has 0 bridgehead atoms. The van der Waals surface area contributed by atoms with Crippen LogP contribution in [0.4, 0.5) is 5.69 Å². The van der Waals surface area contributed by atoms with Crippen molar-refractivity contribution in [3.05, 3.63) is 63.1 Å². The summed E-state index contributed by atoms with van der Waals surface area (Å²) in [5, 5.41) is 5.95. The minimum Gasteiger partial charge on any atom is -0.451 e. The number of rotatable bonds is 6. The van der Waals surface area contributed by atoms with E-state index < -0.39 is 30.4 Å². The normalized spacial score (nSPS) is 11.4. The monoisotopic (exact) mass is 428 g/mol. The quantitative estimate of drug-likeness (QED) is 0.681. The molecule has 2 amide bonds. The average Bonchev–Trinajstić information content (AvgIpc) is 2.62. The van der Waals surface area contributed by atoms with E-state index in [1.54, 1.807) is 24.3 Å². The van der Waals surface area contributed by atoms with Crippen LogP contribution in [-0.2, 0) is 14.3 Å². The Morgan fingerprint density at radius 1 is 1.04 bits per heavy atom. The van der Waals surface area contributed by atoms with Gasteiger partial charge in [0, 0.05) is 16.3 Å². The summed E-state index contributed by atoms with van der Waals surface area (Å²) in [5.41, 5.74) is 0.715. The van der Waals surface area contributed by atoms with Gasteiger partial charge in [0.2, 0.25) is 0 Å². The molecule has 2 N–H and O–H groups in total. The molecule has 0 fully saturated rings. The molecule has 0 radical (unpaired) electrons. The molecule has 0 spiro atoms. The van der Waals surface area contributed by atoms with Gasteiger partial charge in [-0.15, -0.1) is 0 Å². The fourth-order valence-electron chi connectivity index (χ4n) is 1.99. The maximum absolute atomic E-state index is 12.0. The van der Waals surface area contributed by atoms with Gasteiger partial charge in [-0.25, -0.2) is 0 Å². The lowest BCUT2D eigenvalue weighted by atomic mass is 10.2. The molecule has 2 rings (SSSR count). The second kappa shape index (κ2) is 9.60. The molecule has 0 saturated heterocycles. The van der Waals surface area contributed by atoms with Crippen molar-refractivity contribution in [2.75, 3.05) is 11.9 Å². The van der Waals surface area contributed by atoms with Gasteiger partial charge in [-0.2, -0.15) is 0 Å². The molecule has 0 aromatic heterocycles. The van der Waals surface area contributed by atoms with Gasteiger partial charge in [-0.1, -0.05) is 40.9 Å². The molecule has 1 atom stereocenters. The molecule has 2 aromatic rings. The van der Waals surface area contributed by atoms with E-state index in [2.05, 4.69) is 10.6 Å². The highest BCUT2D eigenvalue weighted by Crippen LogP contribution is 2.22. The van der Waals surface area contributed by atoms with E-state index in [9.17, 15) is 14.4 Å². The van der Waals surface area contributed by atoms with E-state index in [-0.39, 0.29) is 10.6 Å². The second-order valence-electron chi connectivity index (χ2n) is 5.44. The number of carbonyl (C=O) groups is 3. The number of hydrogen-bond acceptors (Lipinski definition) is 4. The number of amides is 2. The summed E-state index contributed by atoms with van der Waals surface area (Å²) < 4.78 is 5.00. The third kappa shape index (κ3) is 6.43. The molecule has 1 unspecified atom stereocenters. The molecule has 0 heterocycles. The first kappa shape index (κ1) is 21.0. The highest BCUT2D eigenvalue weighted by atomic mass is 35.5. The number of nitrogens with one attached hydrogen (secondary N) is 2.